The molecule has 2 aliphatic carbocycles. The Bertz CT molecular complexity index is 751. The van der Waals surface area contributed by atoms with Gasteiger partial charge >= 0.3 is 11.9 Å². The zero-order chi connectivity index (χ0) is 20.4. The Labute approximate surface area is 160 Å². The number of rotatable bonds is 7. The van der Waals surface area contributed by atoms with Gasteiger partial charge in [-0.1, -0.05) is 44.7 Å². The molecule has 2 rings (SSSR count). The molecule has 5 heteroatoms. The Morgan fingerprint density at radius 2 is 2.00 bits per heavy atom. The molecule has 0 spiro atoms. The Morgan fingerprint density at radius 1 is 1.33 bits per heavy atom. The quantitative estimate of drug-likeness (QED) is 0.387. The molecular formula is C22H28O5. The van der Waals surface area contributed by atoms with Crippen LogP contribution in [0.3, 0.4) is 0 Å². The van der Waals surface area contributed by atoms with E-state index < -0.39 is 12.1 Å². The minimum Gasteiger partial charge on any atom is -0.466 e. The summed E-state index contributed by atoms with van der Waals surface area (Å²) in [6, 6.07) is 0. The highest BCUT2D eigenvalue weighted by molar-refractivity contribution is 6.00. The van der Waals surface area contributed by atoms with E-state index in [0.717, 1.165) is 5.57 Å². The largest absolute Gasteiger partial charge is 0.466 e. The molecule has 0 unspecified atom stereocenters. The Balaban J connectivity index is 2.07. The summed E-state index contributed by atoms with van der Waals surface area (Å²) in [5, 5.41) is 0. The van der Waals surface area contributed by atoms with Gasteiger partial charge in [0.25, 0.3) is 0 Å². The van der Waals surface area contributed by atoms with Crippen molar-refractivity contribution < 1.29 is 23.9 Å². The van der Waals surface area contributed by atoms with E-state index in [1.165, 1.54) is 7.11 Å². The van der Waals surface area contributed by atoms with Crippen molar-refractivity contribution in [2.75, 3.05) is 7.11 Å². The Hall–Kier alpha value is -2.43. The normalized spacial score (nSPS) is 27.1. The zero-order valence-electron chi connectivity index (χ0n) is 16.7. The van der Waals surface area contributed by atoms with Crippen molar-refractivity contribution in [3.63, 3.8) is 0 Å². The molecule has 0 aliphatic heterocycles. The summed E-state index contributed by atoms with van der Waals surface area (Å²) >= 11 is 0. The summed E-state index contributed by atoms with van der Waals surface area (Å²) in [6.07, 6.45) is 7.32. The second kappa shape index (κ2) is 8.07. The first-order valence-corrected chi connectivity index (χ1v) is 9.12. The monoisotopic (exact) mass is 372 g/mol. The lowest BCUT2D eigenvalue weighted by Crippen LogP contribution is -2.20. The number of carbonyl (C=O) groups excluding carboxylic acids is 3. The molecule has 3 atom stereocenters. The Kier molecular flexibility index (Phi) is 6.24. The van der Waals surface area contributed by atoms with Gasteiger partial charge < -0.3 is 9.47 Å². The third-order valence-electron chi connectivity index (χ3n) is 5.62. The van der Waals surface area contributed by atoms with Crippen LogP contribution in [-0.2, 0) is 23.9 Å². The van der Waals surface area contributed by atoms with Crippen molar-refractivity contribution in [2.24, 2.45) is 17.3 Å². The summed E-state index contributed by atoms with van der Waals surface area (Å²) in [5.74, 6) is -1.11. The highest BCUT2D eigenvalue weighted by atomic mass is 16.5. The average Bonchev–Trinajstić information content (AvgIpc) is 3.05. The molecule has 0 radical (unpaired) electrons. The predicted octanol–water partition coefficient (Wildman–Crippen LogP) is 3.71. The molecule has 0 heterocycles. The Morgan fingerprint density at radius 3 is 2.59 bits per heavy atom. The predicted molar refractivity (Wildman–Crippen MR) is 103 cm³/mol. The van der Waals surface area contributed by atoms with Crippen LogP contribution in [0.25, 0.3) is 0 Å². The maximum atomic E-state index is 12.7. The summed E-state index contributed by atoms with van der Waals surface area (Å²) in [5.41, 5.74) is 1.72. The van der Waals surface area contributed by atoms with E-state index in [-0.39, 0.29) is 35.4 Å². The van der Waals surface area contributed by atoms with E-state index in [2.05, 4.69) is 6.58 Å². The van der Waals surface area contributed by atoms with Crippen molar-refractivity contribution in [2.45, 2.75) is 46.6 Å². The molecule has 0 aromatic heterocycles. The molecule has 0 amide bonds. The molecule has 0 N–H and O–H groups in total. The lowest BCUT2D eigenvalue weighted by Gasteiger charge is -2.13. The van der Waals surface area contributed by atoms with Gasteiger partial charge in [-0.3, -0.25) is 9.59 Å². The maximum Gasteiger partial charge on any atom is 0.333 e. The number of ketones is 1. The van der Waals surface area contributed by atoms with Crippen molar-refractivity contribution in [3.05, 3.63) is 47.6 Å². The number of esters is 2. The number of allylic oxidation sites excluding steroid dienone is 5. The number of hydrogen-bond acceptors (Lipinski definition) is 5. The van der Waals surface area contributed by atoms with Crippen molar-refractivity contribution in [1.29, 1.82) is 0 Å². The molecule has 1 saturated carbocycles. The van der Waals surface area contributed by atoms with Crippen LogP contribution < -0.4 is 0 Å². The van der Waals surface area contributed by atoms with Crippen LogP contribution in [0, 0.1) is 17.3 Å². The van der Waals surface area contributed by atoms with Gasteiger partial charge in [0.2, 0.25) is 0 Å². The van der Waals surface area contributed by atoms with E-state index in [1.54, 1.807) is 25.2 Å². The topological polar surface area (TPSA) is 69.7 Å². The van der Waals surface area contributed by atoms with E-state index in [4.69, 9.17) is 9.47 Å². The molecule has 0 bridgehead atoms. The van der Waals surface area contributed by atoms with Gasteiger partial charge in [-0.25, -0.2) is 4.79 Å². The van der Waals surface area contributed by atoms with E-state index in [1.807, 2.05) is 26.8 Å². The lowest BCUT2D eigenvalue weighted by atomic mass is 10.1. The number of Topliss-reactive ketones (excluding diaryl/α,β-unsaturated/α-hetero) is 1. The van der Waals surface area contributed by atoms with Crippen molar-refractivity contribution in [1.82, 2.24) is 0 Å². The molecule has 0 aromatic rings. The van der Waals surface area contributed by atoms with Gasteiger partial charge in [0.1, 0.15) is 6.10 Å². The van der Waals surface area contributed by atoms with Gasteiger partial charge in [-0.05, 0) is 37.2 Å². The number of methoxy groups -OCH3 is 1. The molecular weight excluding hydrogens is 344 g/mol. The molecule has 0 aromatic carbocycles. The van der Waals surface area contributed by atoms with Gasteiger partial charge in [0.15, 0.2) is 5.78 Å². The van der Waals surface area contributed by atoms with E-state index in [0.29, 0.717) is 17.6 Å². The minimum atomic E-state index is -0.500. The molecule has 5 nitrogen and oxygen atoms in total. The molecule has 0 saturated heterocycles. The first kappa shape index (κ1) is 20.9. The average molecular weight is 372 g/mol. The molecule has 146 valence electrons. The standard InChI is InChI=1S/C22H28O5/c1-7-8-9-10-15-14(3)18(12-17(15)23)27-21(25)19-16(22(19,4)5)11-13(2)20(24)26-6/h7-9,11,16,18-19H,1,10,12H2,2-6H3/b9-8+,13-11+/t16-,18+,19-/m0/s1. The first-order chi connectivity index (χ1) is 12.6. The van der Waals surface area contributed by atoms with Gasteiger partial charge in [0.05, 0.1) is 19.4 Å². The van der Waals surface area contributed by atoms with Crippen LogP contribution in [0.15, 0.2) is 47.6 Å². The van der Waals surface area contributed by atoms with Crippen LogP contribution in [0.2, 0.25) is 0 Å². The van der Waals surface area contributed by atoms with Crippen molar-refractivity contribution in [3.8, 4) is 0 Å². The van der Waals surface area contributed by atoms with Gasteiger partial charge in [-0.15, -0.1) is 0 Å². The van der Waals surface area contributed by atoms with E-state index in [9.17, 15) is 14.4 Å². The van der Waals surface area contributed by atoms with Crippen LogP contribution in [0.1, 0.15) is 40.5 Å². The fourth-order valence-corrected chi connectivity index (χ4v) is 3.70. The molecule has 27 heavy (non-hydrogen) atoms. The highest BCUT2D eigenvalue weighted by Crippen LogP contribution is 2.60. The van der Waals surface area contributed by atoms with Crippen LogP contribution in [0.4, 0.5) is 0 Å². The highest BCUT2D eigenvalue weighted by Gasteiger charge is 2.62. The lowest BCUT2D eigenvalue weighted by molar-refractivity contribution is -0.150. The fraction of sp³-hybridized carbons (Fsp3) is 0.500. The number of carbonyl (C=O) groups is 3. The number of ether oxygens (including phenoxy) is 2. The second-order valence-corrected chi connectivity index (χ2v) is 7.75. The first-order valence-electron chi connectivity index (χ1n) is 9.12. The molecule has 2 aliphatic rings. The SMILES string of the molecule is C=C/C=C/CC1=C(C)[C@H](OC(=O)[C@@H]2[C@H](/C=C(\C)C(=O)OC)C2(C)C)CC1=O. The maximum absolute atomic E-state index is 12.7. The second-order valence-electron chi connectivity index (χ2n) is 7.75. The van der Waals surface area contributed by atoms with Crippen molar-refractivity contribution >= 4 is 17.7 Å². The third-order valence-corrected chi connectivity index (χ3v) is 5.62. The fourth-order valence-electron chi connectivity index (χ4n) is 3.70. The number of hydrogen-bond donors (Lipinski definition) is 0. The minimum absolute atomic E-state index is 0.0204. The van der Waals surface area contributed by atoms with Crippen LogP contribution >= 0.6 is 0 Å². The van der Waals surface area contributed by atoms with E-state index >= 15 is 0 Å². The van der Waals surface area contributed by atoms with Crippen LogP contribution in [-0.4, -0.2) is 30.9 Å². The third kappa shape index (κ3) is 4.29. The zero-order valence-corrected chi connectivity index (χ0v) is 16.7. The molecule has 1 fully saturated rings. The summed E-state index contributed by atoms with van der Waals surface area (Å²) in [7, 11) is 1.33. The van der Waals surface area contributed by atoms with Gasteiger partial charge in [-0.2, -0.15) is 0 Å². The summed E-state index contributed by atoms with van der Waals surface area (Å²) in [6.45, 7) is 11.1. The smallest absolute Gasteiger partial charge is 0.333 e. The van der Waals surface area contributed by atoms with Gasteiger partial charge in [0, 0.05) is 11.1 Å². The summed E-state index contributed by atoms with van der Waals surface area (Å²) in [4.78, 5) is 36.5. The summed E-state index contributed by atoms with van der Waals surface area (Å²) < 4.78 is 10.4. The van der Waals surface area contributed by atoms with Crippen LogP contribution in [0.5, 0.6) is 0 Å².